The standard InChI is InChI=1S/C21H17ClN6O2/c1-14-23-10-11-28(14)19-12-20(25-13-24-19)30-18-8-6-17(7-9-18)27-21(29)26-16-4-2-15(22)3-5-16/h2-13H,1H3,(H2,26,27,29). The molecule has 2 aromatic carbocycles. The number of nitrogens with zero attached hydrogens (tertiary/aromatic N) is 4. The average Bonchev–Trinajstić information content (AvgIpc) is 3.17. The lowest BCUT2D eigenvalue weighted by atomic mass is 10.3. The molecular formula is C21H17ClN6O2. The van der Waals surface area contributed by atoms with E-state index < -0.39 is 0 Å². The van der Waals surface area contributed by atoms with Crippen LogP contribution in [0.15, 0.2) is 73.3 Å². The largest absolute Gasteiger partial charge is 0.439 e. The number of carbonyl (C=O) groups is 1. The third-order valence-electron chi connectivity index (χ3n) is 4.14. The minimum absolute atomic E-state index is 0.359. The van der Waals surface area contributed by atoms with Crippen LogP contribution in [0.1, 0.15) is 5.82 Å². The highest BCUT2D eigenvalue weighted by atomic mass is 35.5. The molecule has 150 valence electrons. The van der Waals surface area contributed by atoms with Crippen molar-refractivity contribution in [3.63, 3.8) is 0 Å². The minimum atomic E-state index is -0.359. The third-order valence-corrected chi connectivity index (χ3v) is 4.39. The molecule has 0 aliphatic heterocycles. The van der Waals surface area contributed by atoms with Gasteiger partial charge in [-0.2, -0.15) is 0 Å². The van der Waals surface area contributed by atoms with E-state index in [1.807, 2.05) is 17.7 Å². The Bertz CT molecular complexity index is 1160. The highest BCUT2D eigenvalue weighted by Crippen LogP contribution is 2.23. The molecule has 0 aliphatic carbocycles. The van der Waals surface area contributed by atoms with Crippen LogP contribution < -0.4 is 15.4 Å². The molecule has 0 aliphatic rings. The normalized spacial score (nSPS) is 10.5. The summed E-state index contributed by atoms with van der Waals surface area (Å²) in [6.45, 7) is 1.89. The molecule has 4 rings (SSSR count). The highest BCUT2D eigenvalue weighted by molar-refractivity contribution is 6.30. The fraction of sp³-hybridized carbons (Fsp3) is 0.0476. The first-order chi connectivity index (χ1) is 14.6. The molecule has 0 atom stereocenters. The fourth-order valence-corrected chi connectivity index (χ4v) is 2.82. The van der Waals surface area contributed by atoms with Gasteiger partial charge >= 0.3 is 6.03 Å². The van der Waals surface area contributed by atoms with Crippen LogP contribution in [0.3, 0.4) is 0 Å². The van der Waals surface area contributed by atoms with Gasteiger partial charge < -0.3 is 15.4 Å². The van der Waals surface area contributed by atoms with Gasteiger partial charge in [0.2, 0.25) is 5.88 Å². The number of urea groups is 1. The number of carbonyl (C=O) groups excluding carboxylic acids is 1. The number of aromatic nitrogens is 4. The lowest BCUT2D eigenvalue weighted by Crippen LogP contribution is -2.19. The Kier molecular flexibility index (Phi) is 5.58. The van der Waals surface area contributed by atoms with Crippen molar-refractivity contribution in [2.75, 3.05) is 10.6 Å². The van der Waals surface area contributed by atoms with Crippen molar-refractivity contribution in [1.82, 2.24) is 19.5 Å². The number of ether oxygens (including phenoxy) is 1. The summed E-state index contributed by atoms with van der Waals surface area (Å²) < 4.78 is 7.63. The second-order valence-electron chi connectivity index (χ2n) is 6.27. The van der Waals surface area contributed by atoms with E-state index in [2.05, 4.69) is 25.6 Å². The maximum absolute atomic E-state index is 12.1. The van der Waals surface area contributed by atoms with Crippen LogP contribution in [0.2, 0.25) is 5.02 Å². The third kappa shape index (κ3) is 4.73. The van der Waals surface area contributed by atoms with Crippen molar-refractivity contribution in [2.45, 2.75) is 6.92 Å². The van der Waals surface area contributed by atoms with Gasteiger partial charge in [-0.15, -0.1) is 0 Å². The zero-order valence-electron chi connectivity index (χ0n) is 15.9. The molecule has 0 saturated heterocycles. The quantitative estimate of drug-likeness (QED) is 0.470. The summed E-state index contributed by atoms with van der Waals surface area (Å²) in [4.78, 5) is 24.7. The van der Waals surface area contributed by atoms with Crippen LogP contribution in [0.4, 0.5) is 16.2 Å². The SMILES string of the molecule is Cc1nccn1-c1cc(Oc2ccc(NC(=O)Nc3ccc(Cl)cc3)cc2)ncn1. The van der Waals surface area contributed by atoms with Crippen molar-refractivity contribution >= 4 is 29.0 Å². The monoisotopic (exact) mass is 420 g/mol. The molecule has 2 aromatic heterocycles. The molecule has 0 unspecified atom stereocenters. The number of hydrogen-bond donors (Lipinski definition) is 2. The molecule has 8 nitrogen and oxygen atoms in total. The first kappa shape index (κ1) is 19.4. The summed E-state index contributed by atoms with van der Waals surface area (Å²) in [5, 5.41) is 6.09. The zero-order chi connectivity index (χ0) is 20.9. The van der Waals surface area contributed by atoms with E-state index in [9.17, 15) is 4.79 Å². The van der Waals surface area contributed by atoms with Crippen molar-refractivity contribution < 1.29 is 9.53 Å². The highest BCUT2D eigenvalue weighted by Gasteiger charge is 2.07. The van der Waals surface area contributed by atoms with Crippen molar-refractivity contribution in [2.24, 2.45) is 0 Å². The van der Waals surface area contributed by atoms with Gasteiger partial charge in [-0.1, -0.05) is 11.6 Å². The van der Waals surface area contributed by atoms with Crippen LogP contribution in [0, 0.1) is 6.92 Å². The van der Waals surface area contributed by atoms with Crippen LogP contribution in [0.25, 0.3) is 5.82 Å². The number of nitrogens with one attached hydrogen (secondary N) is 2. The van der Waals surface area contributed by atoms with Gasteiger partial charge in [0, 0.05) is 34.9 Å². The molecule has 2 heterocycles. The van der Waals surface area contributed by atoms with Gasteiger partial charge in [0.25, 0.3) is 0 Å². The lowest BCUT2D eigenvalue weighted by Gasteiger charge is -2.10. The first-order valence-corrected chi connectivity index (χ1v) is 9.38. The van der Waals surface area contributed by atoms with E-state index in [0.29, 0.717) is 33.8 Å². The summed E-state index contributed by atoms with van der Waals surface area (Å²) in [6.07, 6.45) is 4.95. The Balaban J connectivity index is 1.38. The molecule has 0 bridgehead atoms. The Morgan fingerprint density at radius 2 is 1.63 bits per heavy atom. The number of anilines is 2. The van der Waals surface area contributed by atoms with Crippen LogP contribution in [-0.2, 0) is 0 Å². The predicted octanol–water partition coefficient (Wildman–Crippen LogP) is 5.06. The van der Waals surface area contributed by atoms with E-state index in [1.54, 1.807) is 60.8 Å². The average molecular weight is 421 g/mol. The second-order valence-corrected chi connectivity index (χ2v) is 6.71. The maximum atomic E-state index is 12.1. The van der Waals surface area contributed by atoms with Gasteiger partial charge in [-0.25, -0.2) is 19.7 Å². The molecular weight excluding hydrogens is 404 g/mol. The van der Waals surface area contributed by atoms with E-state index in [4.69, 9.17) is 16.3 Å². The van der Waals surface area contributed by atoms with Crippen molar-refractivity contribution in [3.05, 3.63) is 84.2 Å². The molecule has 30 heavy (non-hydrogen) atoms. The molecule has 0 radical (unpaired) electrons. The molecule has 0 fully saturated rings. The van der Waals surface area contributed by atoms with Crippen LogP contribution >= 0.6 is 11.6 Å². The number of benzene rings is 2. The number of aryl methyl sites for hydroxylation is 1. The molecule has 9 heteroatoms. The number of amides is 2. The summed E-state index contributed by atoms with van der Waals surface area (Å²) in [6, 6.07) is 15.2. The van der Waals surface area contributed by atoms with E-state index in [-0.39, 0.29) is 6.03 Å². The number of halogens is 1. The maximum Gasteiger partial charge on any atom is 0.323 e. The smallest absolute Gasteiger partial charge is 0.323 e. The van der Waals surface area contributed by atoms with Crippen molar-refractivity contribution in [3.8, 4) is 17.4 Å². The van der Waals surface area contributed by atoms with Crippen LogP contribution in [0.5, 0.6) is 11.6 Å². The Labute approximate surface area is 177 Å². The van der Waals surface area contributed by atoms with Gasteiger partial charge in [-0.3, -0.25) is 4.57 Å². The summed E-state index contributed by atoms with van der Waals surface area (Å²) in [5.41, 5.74) is 1.26. The van der Waals surface area contributed by atoms with E-state index in [1.165, 1.54) is 6.33 Å². The van der Waals surface area contributed by atoms with Gasteiger partial charge in [-0.05, 0) is 55.5 Å². The Morgan fingerprint density at radius 3 is 2.27 bits per heavy atom. The Hall–Kier alpha value is -3.91. The van der Waals surface area contributed by atoms with Crippen molar-refractivity contribution in [1.29, 1.82) is 0 Å². The topological polar surface area (TPSA) is 94.0 Å². The van der Waals surface area contributed by atoms with Gasteiger partial charge in [0.15, 0.2) is 0 Å². The van der Waals surface area contributed by atoms with Gasteiger partial charge in [0.1, 0.15) is 23.7 Å². The predicted molar refractivity (Wildman–Crippen MR) is 115 cm³/mol. The number of imidazole rings is 1. The second kappa shape index (κ2) is 8.62. The summed E-state index contributed by atoms with van der Waals surface area (Å²) in [7, 11) is 0. The molecule has 4 aromatic rings. The number of hydrogen-bond acceptors (Lipinski definition) is 5. The van der Waals surface area contributed by atoms with E-state index in [0.717, 1.165) is 5.82 Å². The Morgan fingerprint density at radius 1 is 0.967 bits per heavy atom. The minimum Gasteiger partial charge on any atom is -0.439 e. The van der Waals surface area contributed by atoms with E-state index >= 15 is 0 Å². The molecule has 0 saturated carbocycles. The molecule has 0 spiro atoms. The zero-order valence-corrected chi connectivity index (χ0v) is 16.7. The van der Waals surface area contributed by atoms with Crippen LogP contribution in [-0.4, -0.2) is 25.6 Å². The summed E-state index contributed by atoms with van der Waals surface area (Å²) in [5.74, 6) is 2.44. The fourth-order valence-electron chi connectivity index (χ4n) is 2.69. The first-order valence-electron chi connectivity index (χ1n) is 9.01. The molecule has 2 N–H and O–H groups in total. The molecule has 2 amide bonds. The summed E-state index contributed by atoms with van der Waals surface area (Å²) >= 11 is 5.84. The number of rotatable bonds is 5. The lowest BCUT2D eigenvalue weighted by molar-refractivity contribution is 0.262. The van der Waals surface area contributed by atoms with Gasteiger partial charge in [0.05, 0.1) is 0 Å².